The van der Waals surface area contributed by atoms with E-state index in [9.17, 15) is 16.8 Å². The SMILES string of the molecule is NS(=O)(=O)CC1CCCS(=O)(=O)C1. The second-order valence-corrected chi connectivity index (χ2v) is 7.34. The molecule has 1 fully saturated rings. The number of sulfone groups is 1. The lowest BCUT2D eigenvalue weighted by Gasteiger charge is -2.20. The van der Waals surface area contributed by atoms with Gasteiger partial charge in [-0.2, -0.15) is 0 Å². The Morgan fingerprint density at radius 2 is 2.00 bits per heavy atom. The first-order chi connectivity index (χ1) is 5.79. The summed E-state index contributed by atoms with van der Waals surface area (Å²) < 4.78 is 43.6. The Bertz CT molecular complexity index is 367. The zero-order valence-corrected chi connectivity index (χ0v) is 8.77. The van der Waals surface area contributed by atoms with Crippen molar-refractivity contribution in [2.24, 2.45) is 11.1 Å². The number of rotatable bonds is 2. The molecule has 1 aliphatic heterocycles. The zero-order valence-electron chi connectivity index (χ0n) is 7.14. The van der Waals surface area contributed by atoms with Crippen molar-refractivity contribution in [2.75, 3.05) is 17.3 Å². The average molecular weight is 227 g/mol. The summed E-state index contributed by atoms with van der Waals surface area (Å²) in [5.74, 6) is -0.391. The summed E-state index contributed by atoms with van der Waals surface area (Å²) in [7, 11) is -6.56. The normalized spacial score (nSPS) is 28.5. The van der Waals surface area contributed by atoms with Crippen LogP contribution in [0.1, 0.15) is 12.8 Å². The van der Waals surface area contributed by atoms with Gasteiger partial charge in [-0.25, -0.2) is 22.0 Å². The third-order valence-electron chi connectivity index (χ3n) is 2.03. The van der Waals surface area contributed by atoms with Crippen LogP contribution in [-0.2, 0) is 19.9 Å². The van der Waals surface area contributed by atoms with Gasteiger partial charge in [-0.1, -0.05) is 0 Å². The van der Waals surface area contributed by atoms with E-state index < -0.39 is 19.9 Å². The Morgan fingerprint density at radius 1 is 1.38 bits per heavy atom. The fourth-order valence-corrected chi connectivity index (χ4v) is 4.44. The summed E-state index contributed by atoms with van der Waals surface area (Å²) >= 11 is 0. The smallest absolute Gasteiger partial charge is 0.209 e. The molecule has 1 aliphatic rings. The maximum Gasteiger partial charge on any atom is 0.209 e. The van der Waals surface area contributed by atoms with Gasteiger partial charge in [0.15, 0.2) is 9.84 Å². The second-order valence-electron chi connectivity index (χ2n) is 3.45. The summed E-state index contributed by atoms with van der Waals surface area (Å²) in [5.41, 5.74) is 0. The van der Waals surface area contributed by atoms with Gasteiger partial charge in [0.1, 0.15) is 0 Å². The van der Waals surface area contributed by atoms with Crippen LogP contribution in [-0.4, -0.2) is 34.1 Å². The molecule has 0 radical (unpaired) electrons. The molecule has 0 amide bonds. The van der Waals surface area contributed by atoms with Gasteiger partial charge in [-0.3, -0.25) is 0 Å². The summed E-state index contributed by atoms with van der Waals surface area (Å²) in [6, 6.07) is 0. The molecule has 0 spiro atoms. The minimum absolute atomic E-state index is 0.0383. The van der Waals surface area contributed by atoms with E-state index in [1.807, 2.05) is 0 Å². The highest BCUT2D eigenvalue weighted by Crippen LogP contribution is 2.18. The zero-order chi connectivity index (χ0) is 10.1. The summed E-state index contributed by atoms with van der Waals surface area (Å²) in [6.45, 7) is 0. The van der Waals surface area contributed by atoms with E-state index in [1.54, 1.807) is 0 Å². The van der Waals surface area contributed by atoms with Crippen LogP contribution in [0.25, 0.3) is 0 Å². The van der Waals surface area contributed by atoms with Gasteiger partial charge in [0, 0.05) is 0 Å². The lowest BCUT2D eigenvalue weighted by atomic mass is 10.1. The van der Waals surface area contributed by atoms with Gasteiger partial charge < -0.3 is 0 Å². The van der Waals surface area contributed by atoms with Crippen LogP contribution >= 0.6 is 0 Å². The first-order valence-corrected chi connectivity index (χ1v) is 7.53. The Morgan fingerprint density at radius 3 is 2.46 bits per heavy atom. The van der Waals surface area contributed by atoms with Crippen molar-refractivity contribution in [1.82, 2.24) is 0 Å². The first kappa shape index (κ1) is 10.9. The number of primary sulfonamides is 1. The molecule has 0 saturated carbocycles. The Hall–Kier alpha value is -0.140. The molecule has 0 aromatic heterocycles. The predicted octanol–water partition coefficient (Wildman–Crippen LogP) is -0.900. The standard InChI is InChI=1S/C6H13NO4S2/c7-13(10,11)5-6-2-1-3-12(8,9)4-6/h6H,1-5H2,(H2,7,10,11). The lowest BCUT2D eigenvalue weighted by Crippen LogP contribution is -2.32. The van der Waals surface area contributed by atoms with Gasteiger partial charge in [0.05, 0.1) is 17.3 Å². The van der Waals surface area contributed by atoms with E-state index in [1.165, 1.54) is 0 Å². The van der Waals surface area contributed by atoms with Crippen molar-refractivity contribution in [3.05, 3.63) is 0 Å². The number of hydrogen-bond donors (Lipinski definition) is 1. The van der Waals surface area contributed by atoms with Crippen molar-refractivity contribution >= 4 is 19.9 Å². The highest BCUT2D eigenvalue weighted by atomic mass is 32.2. The van der Waals surface area contributed by atoms with Crippen LogP contribution in [0.5, 0.6) is 0 Å². The fourth-order valence-electron chi connectivity index (χ4n) is 1.58. The van der Waals surface area contributed by atoms with Gasteiger partial charge in [0.25, 0.3) is 0 Å². The van der Waals surface area contributed by atoms with Crippen molar-refractivity contribution in [3.63, 3.8) is 0 Å². The van der Waals surface area contributed by atoms with Crippen molar-refractivity contribution < 1.29 is 16.8 Å². The van der Waals surface area contributed by atoms with Crippen LogP contribution in [0.3, 0.4) is 0 Å². The highest BCUT2D eigenvalue weighted by molar-refractivity contribution is 7.91. The first-order valence-electron chi connectivity index (χ1n) is 3.99. The van der Waals surface area contributed by atoms with Crippen molar-refractivity contribution in [3.8, 4) is 0 Å². The van der Waals surface area contributed by atoms with E-state index in [2.05, 4.69) is 0 Å². The molecule has 13 heavy (non-hydrogen) atoms. The largest absolute Gasteiger partial charge is 0.229 e. The lowest BCUT2D eigenvalue weighted by molar-refractivity contribution is 0.508. The van der Waals surface area contributed by atoms with Crippen LogP contribution < -0.4 is 5.14 Å². The van der Waals surface area contributed by atoms with E-state index in [-0.39, 0.29) is 23.2 Å². The molecule has 78 valence electrons. The van der Waals surface area contributed by atoms with E-state index in [0.29, 0.717) is 12.8 Å². The minimum Gasteiger partial charge on any atom is -0.229 e. The Kier molecular flexibility index (Phi) is 2.98. The van der Waals surface area contributed by atoms with Crippen LogP contribution in [0.15, 0.2) is 0 Å². The molecule has 1 unspecified atom stereocenters. The predicted molar refractivity (Wildman–Crippen MR) is 49.4 cm³/mol. The minimum atomic E-state index is -3.54. The van der Waals surface area contributed by atoms with Crippen molar-refractivity contribution in [2.45, 2.75) is 12.8 Å². The molecule has 1 rings (SSSR count). The maximum atomic E-state index is 11.1. The molecular weight excluding hydrogens is 214 g/mol. The van der Waals surface area contributed by atoms with Gasteiger partial charge in [-0.05, 0) is 18.8 Å². The summed E-state index contributed by atoms with van der Waals surface area (Å²) in [5, 5.41) is 4.83. The second kappa shape index (κ2) is 3.55. The average Bonchev–Trinajstić information content (AvgIpc) is 1.79. The number of nitrogens with two attached hydrogens (primary N) is 1. The van der Waals surface area contributed by atoms with Gasteiger partial charge in [-0.15, -0.1) is 0 Å². The van der Waals surface area contributed by atoms with Crippen LogP contribution in [0.4, 0.5) is 0 Å². The number of hydrogen-bond acceptors (Lipinski definition) is 4. The summed E-state index contributed by atoms with van der Waals surface area (Å²) in [4.78, 5) is 0. The van der Waals surface area contributed by atoms with Crippen molar-refractivity contribution in [1.29, 1.82) is 0 Å². The molecule has 1 heterocycles. The monoisotopic (exact) mass is 227 g/mol. The molecule has 7 heteroatoms. The van der Waals surface area contributed by atoms with E-state index >= 15 is 0 Å². The van der Waals surface area contributed by atoms with Gasteiger partial charge in [0.2, 0.25) is 10.0 Å². The summed E-state index contributed by atoms with van der Waals surface area (Å²) in [6.07, 6.45) is 1.18. The third-order valence-corrected chi connectivity index (χ3v) is 4.85. The third kappa shape index (κ3) is 4.06. The van der Waals surface area contributed by atoms with E-state index in [0.717, 1.165) is 0 Å². The molecule has 0 bridgehead atoms. The molecule has 0 aliphatic carbocycles. The Balaban J connectivity index is 2.64. The molecule has 1 atom stereocenters. The molecular formula is C6H13NO4S2. The molecule has 0 aromatic rings. The van der Waals surface area contributed by atoms with E-state index in [4.69, 9.17) is 5.14 Å². The van der Waals surface area contributed by atoms with Gasteiger partial charge >= 0.3 is 0 Å². The molecule has 1 saturated heterocycles. The molecule has 2 N–H and O–H groups in total. The highest BCUT2D eigenvalue weighted by Gasteiger charge is 2.27. The molecule has 5 nitrogen and oxygen atoms in total. The fraction of sp³-hybridized carbons (Fsp3) is 1.00. The number of sulfonamides is 1. The molecule has 0 aromatic carbocycles. The topological polar surface area (TPSA) is 94.3 Å². The quantitative estimate of drug-likeness (QED) is 0.661. The van der Waals surface area contributed by atoms with Crippen LogP contribution in [0.2, 0.25) is 0 Å². The maximum absolute atomic E-state index is 11.1. The Labute approximate surface area is 78.3 Å². The van der Waals surface area contributed by atoms with Crippen LogP contribution in [0, 0.1) is 5.92 Å².